The van der Waals surface area contributed by atoms with Crippen molar-refractivity contribution in [1.29, 1.82) is 0 Å². The summed E-state index contributed by atoms with van der Waals surface area (Å²) >= 11 is 0. The molecule has 2 N–H and O–H groups in total. The van der Waals surface area contributed by atoms with Gasteiger partial charge in [-0.15, -0.1) is 0 Å². The number of hydrogen-bond acceptors (Lipinski definition) is 4. The highest BCUT2D eigenvalue weighted by molar-refractivity contribution is 7.89. The number of aliphatic hydroxyl groups excluding tert-OH is 1. The number of nitrogens with one attached hydrogen (secondary N) is 1. The largest absolute Gasteiger partial charge is 0.384 e. The summed E-state index contributed by atoms with van der Waals surface area (Å²) in [5.74, 6) is 5.41. The summed E-state index contributed by atoms with van der Waals surface area (Å²) in [6, 6.07) is 4.41. The summed E-state index contributed by atoms with van der Waals surface area (Å²) in [6.45, 7) is 3.08. The van der Waals surface area contributed by atoms with Gasteiger partial charge in [0.1, 0.15) is 6.61 Å². The van der Waals surface area contributed by atoms with Crippen LogP contribution in [0.15, 0.2) is 23.1 Å². The van der Waals surface area contributed by atoms with Gasteiger partial charge in [0.25, 0.3) is 0 Å². The van der Waals surface area contributed by atoms with Crippen molar-refractivity contribution in [3.05, 3.63) is 29.3 Å². The van der Waals surface area contributed by atoms with E-state index in [9.17, 15) is 12.6 Å². The fourth-order valence-corrected chi connectivity index (χ4v) is 4.23. The molecule has 2 atom stereocenters. The lowest BCUT2D eigenvalue weighted by Gasteiger charge is -2.14. The summed E-state index contributed by atoms with van der Waals surface area (Å²) in [4.78, 5) is 0.140. The lowest BCUT2D eigenvalue weighted by molar-refractivity contribution is 0.350. The van der Waals surface area contributed by atoms with E-state index in [1.807, 2.05) is 0 Å². The van der Waals surface area contributed by atoms with Crippen molar-refractivity contribution in [2.75, 3.05) is 18.6 Å². The number of hydrogen-bond donors (Lipinski definition) is 2. The molecule has 0 aliphatic heterocycles. The number of benzene rings is 1. The first-order valence-electron chi connectivity index (χ1n) is 6.29. The monoisotopic (exact) mass is 329 g/mol. The van der Waals surface area contributed by atoms with Gasteiger partial charge in [-0.2, -0.15) is 0 Å². The molecule has 0 aromatic heterocycles. The van der Waals surface area contributed by atoms with Crippen LogP contribution in [0, 0.1) is 18.8 Å². The van der Waals surface area contributed by atoms with E-state index in [2.05, 4.69) is 16.6 Å². The van der Waals surface area contributed by atoms with E-state index in [-0.39, 0.29) is 17.3 Å². The molecule has 21 heavy (non-hydrogen) atoms. The Hall–Kier alpha value is -1.20. The van der Waals surface area contributed by atoms with Gasteiger partial charge in [0, 0.05) is 34.4 Å². The average molecular weight is 329 g/mol. The minimum atomic E-state index is -3.70. The van der Waals surface area contributed by atoms with Crippen molar-refractivity contribution in [1.82, 2.24) is 4.72 Å². The molecule has 7 heteroatoms. The molecule has 1 aromatic rings. The van der Waals surface area contributed by atoms with E-state index in [0.29, 0.717) is 11.1 Å². The number of aliphatic hydroxyl groups is 1. The summed E-state index contributed by atoms with van der Waals surface area (Å²) in [6.07, 6.45) is 1.53. The van der Waals surface area contributed by atoms with E-state index < -0.39 is 26.9 Å². The molecule has 0 fully saturated rings. The maximum atomic E-state index is 12.4. The number of aryl methyl sites for hydroxylation is 1. The number of sulfonamides is 1. The maximum absolute atomic E-state index is 12.4. The summed E-state index contributed by atoms with van der Waals surface area (Å²) in [7, 11) is -4.78. The van der Waals surface area contributed by atoms with Crippen LogP contribution in [0.4, 0.5) is 0 Å². The van der Waals surface area contributed by atoms with E-state index in [0.717, 1.165) is 0 Å². The van der Waals surface area contributed by atoms with Gasteiger partial charge < -0.3 is 5.11 Å². The van der Waals surface area contributed by atoms with Crippen LogP contribution in [0.25, 0.3) is 0 Å². The van der Waals surface area contributed by atoms with Crippen LogP contribution in [0.2, 0.25) is 0 Å². The average Bonchev–Trinajstić information content (AvgIpc) is 2.35. The third-order valence-electron chi connectivity index (χ3n) is 2.63. The molecule has 0 aliphatic rings. The molecule has 1 aromatic carbocycles. The quantitative estimate of drug-likeness (QED) is 0.765. The molecule has 0 spiro atoms. The minimum absolute atomic E-state index is 0.140. The summed E-state index contributed by atoms with van der Waals surface area (Å²) < 4.78 is 38.4. The Bertz CT molecular complexity index is 687. The Labute approximate surface area is 128 Å². The molecular formula is C14H19NO4S2. The lowest BCUT2D eigenvalue weighted by Crippen LogP contribution is -2.36. The Morgan fingerprint density at radius 1 is 1.43 bits per heavy atom. The second-order valence-corrected chi connectivity index (χ2v) is 7.86. The van der Waals surface area contributed by atoms with Crippen molar-refractivity contribution in [2.45, 2.75) is 24.8 Å². The second kappa shape index (κ2) is 7.71. The molecule has 0 radical (unpaired) electrons. The van der Waals surface area contributed by atoms with Crippen molar-refractivity contribution in [3.63, 3.8) is 0 Å². The molecule has 5 nitrogen and oxygen atoms in total. The second-order valence-electron chi connectivity index (χ2n) is 4.70. The lowest BCUT2D eigenvalue weighted by atomic mass is 10.1. The van der Waals surface area contributed by atoms with Crippen LogP contribution in [-0.4, -0.2) is 42.4 Å². The molecular weight excluding hydrogens is 310 g/mol. The van der Waals surface area contributed by atoms with E-state index in [1.54, 1.807) is 26.0 Å². The van der Waals surface area contributed by atoms with Gasteiger partial charge in [0.15, 0.2) is 0 Å². The first-order chi connectivity index (χ1) is 9.76. The molecule has 116 valence electrons. The Kier molecular flexibility index (Phi) is 6.55. The summed E-state index contributed by atoms with van der Waals surface area (Å²) in [5.41, 5.74) is 1.11. The molecule has 0 saturated carbocycles. The highest BCUT2D eigenvalue weighted by Gasteiger charge is 2.20. The fourth-order valence-electron chi connectivity index (χ4n) is 1.82. The van der Waals surface area contributed by atoms with Gasteiger partial charge >= 0.3 is 0 Å². The van der Waals surface area contributed by atoms with Crippen LogP contribution in [0.1, 0.15) is 18.1 Å². The van der Waals surface area contributed by atoms with Crippen LogP contribution in [-0.2, 0) is 20.8 Å². The molecule has 2 unspecified atom stereocenters. The van der Waals surface area contributed by atoms with Crippen LogP contribution >= 0.6 is 0 Å². The van der Waals surface area contributed by atoms with E-state index in [4.69, 9.17) is 5.11 Å². The van der Waals surface area contributed by atoms with Gasteiger partial charge in [-0.1, -0.05) is 17.9 Å². The Balaban J connectivity index is 3.09. The van der Waals surface area contributed by atoms with Crippen LogP contribution in [0.3, 0.4) is 0 Å². The molecule has 0 heterocycles. The number of rotatable bonds is 5. The predicted molar refractivity (Wildman–Crippen MR) is 83.9 cm³/mol. The van der Waals surface area contributed by atoms with Gasteiger partial charge in [0.05, 0.1) is 4.90 Å². The van der Waals surface area contributed by atoms with E-state index >= 15 is 0 Å². The molecule has 1 rings (SSSR count). The molecule has 0 aliphatic carbocycles. The predicted octanol–water partition coefficient (Wildman–Crippen LogP) is 0.384. The third-order valence-corrected chi connectivity index (χ3v) is 5.33. The molecule has 0 saturated heterocycles. The zero-order valence-corrected chi connectivity index (χ0v) is 13.8. The van der Waals surface area contributed by atoms with Gasteiger partial charge in [0.2, 0.25) is 10.0 Å². The fraction of sp³-hybridized carbons (Fsp3) is 0.429. The van der Waals surface area contributed by atoms with Gasteiger partial charge in [-0.3, -0.25) is 4.21 Å². The standard InChI is InChI=1S/C14H19NO4S2/c1-11-6-7-13(5-4-8-16)9-14(11)21(18,19)15-12(2)10-20(3)17/h6-7,9,12,15-16H,8,10H2,1-3H3. The normalized spacial score (nSPS) is 14.1. The maximum Gasteiger partial charge on any atom is 0.241 e. The smallest absolute Gasteiger partial charge is 0.241 e. The SMILES string of the molecule is Cc1ccc(C#CCO)cc1S(=O)(=O)NC(C)CS(C)=O. The zero-order valence-electron chi connectivity index (χ0n) is 12.2. The van der Waals surface area contributed by atoms with Gasteiger partial charge in [-0.25, -0.2) is 13.1 Å². The van der Waals surface area contributed by atoms with Crippen molar-refractivity contribution in [3.8, 4) is 11.8 Å². The zero-order chi connectivity index (χ0) is 16.0. The van der Waals surface area contributed by atoms with Crippen molar-refractivity contribution >= 4 is 20.8 Å². The first-order valence-corrected chi connectivity index (χ1v) is 9.50. The highest BCUT2D eigenvalue weighted by Crippen LogP contribution is 2.17. The highest BCUT2D eigenvalue weighted by atomic mass is 32.2. The van der Waals surface area contributed by atoms with Gasteiger partial charge in [-0.05, 0) is 31.5 Å². The van der Waals surface area contributed by atoms with Crippen LogP contribution in [0.5, 0.6) is 0 Å². The minimum Gasteiger partial charge on any atom is -0.384 e. The Morgan fingerprint density at radius 2 is 2.10 bits per heavy atom. The first kappa shape index (κ1) is 17.9. The topological polar surface area (TPSA) is 83.5 Å². The summed E-state index contributed by atoms with van der Waals surface area (Å²) in [5, 5.41) is 8.68. The Morgan fingerprint density at radius 3 is 2.67 bits per heavy atom. The van der Waals surface area contributed by atoms with Crippen molar-refractivity contribution < 1.29 is 17.7 Å². The van der Waals surface area contributed by atoms with Crippen LogP contribution < -0.4 is 4.72 Å². The third kappa shape index (κ3) is 5.59. The van der Waals surface area contributed by atoms with Crippen molar-refractivity contribution in [2.24, 2.45) is 0 Å². The van der Waals surface area contributed by atoms with E-state index in [1.165, 1.54) is 12.3 Å². The molecule has 0 amide bonds. The molecule has 0 bridgehead atoms.